The maximum Gasteiger partial charge on any atom is 0.133 e. The minimum Gasteiger partial charge on any atom is -0.361 e. The fourth-order valence-electron chi connectivity index (χ4n) is 1.89. The summed E-state index contributed by atoms with van der Waals surface area (Å²) in [5.41, 5.74) is 3.17. The molecule has 3 nitrogen and oxygen atoms in total. The number of hydrogen-bond acceptors (Lipinski definition) is 3. The van der Waals surface area contributed by atoms with Crippen LogP contribution in [0.4, 0.5) is 0 Å². The van der Waals surface area contributed by atoms with Crippen molar-refractivity contribution in [1.29, 1.82) is 0 Å². The van der Waals surface area contributed by atoms with E-state index >= 15 is 0 Å². The summed E-state index contributed by atoms with van der Waals surface area (Å²) >= 11 is 0. The van der Waals surface area contributed by atoms with Gasteiger partial charge in [-0.3, -0.25) is 4.21 Å². The Morgan fingerprint density at radius 1 is 1.21 bits per heavy atom. The molecule has 0 fully saturated rings. The van der Waals surface area contributed by atoms with Crippen molar-refractivity contribution in [2.45, 2.75) is 38.2 Å². The lowest BCUT2D eigenvalue weighted by Crippen LogP contribution is -2.00. The summed E-state index contributed by atoms with van der Waals surface area (Å²) in [5, 5.41) is 3.87. The normalized spacial score (nSPS) is 12.8. The minimum atomic E-state index is -0.948. The molecule has 0 unspecified atom stereocenters. The lowest BCUT2D eigenvalue weighted by Gasteiger charge is -2.06. The van der Waals surface area contributed by atoms with Gasteiger partial charge in [-0.1, -0.05) is 43.3 Å². The van der Waals surface area contributed by atoms with Crippen LogP contribution in [0.25, 0.3) is 0 Å². The smallest absolute Gasteiger partial charge is 0.133 e. The maximum atomic E-state index is 12.0. The molecule has 0 N–H and O–H groups in total. The fraction of sp³-hybridized carbons (Fsp3) is 0.400. The Hall–Kier alpha value is -1.42. The largest absolute Gasteiger partial charge is 0.361 e. The quantitative estimate of drug-likeness (QED) is 0.839. The topological polar surface area (TPSA) is 43.1 Å². The van der Waals surface area contributed by atoms with Crippen LogP contribution in [0.1, 0.15) is 42.3 Å². The molecule has 1 atom stereocenters. The van der Waals surface area contributed by atoms with E-state index in [-0.39, 0.29) is 0 Å². The average Bonchev–Trinajstić information content (AvgIpc) is 2.75. The zero-order valence-corrected chi connectivity index (χ0v) is 12.4. The van der Waals surface area contributed by atoms with Gasteiger partial charge in [0.15, 0.2) is 0 Å². The molecule has 2 aromatic rings. The first-order valence-electron chi connectivity index (χ1n) is 6.40. The number of benzene rings is 1. The summed E-state index contributed by atoms with van der Waals surface area (Å²) in [4.78, 5) is 0. The molecule has 19 heavy (non-hydrogen) atoms. The Kier molecular flexibility index (Phi) is 4.53. The van der Waals surface area contributed by atoms with E-state index in [4.69, 9.17) is 4.52 Å². The highest BCUT2D eigenvalue weighted by Crippen LogP contribution is 2.16. The van der Waals surface area contributed by atoms with Gasteiger partial charge >= 0.3 is 0 Å². The van der Waals surface area contributed by atoms with Gasteiger partial charge < -0.3 is 4.52 Å². The van der Waals surface area contributed by atoms with Gasteiger partial charge in [-0.15, -0.1) is 0 Å². The van der Waals surface area contributed by atoms with Crippen LogP contribution in [-0.4, -0.2) is 9.37 Å². The van der Waals surface area contributed by atoms with E-state index in [2.05, 4.69) is 43.3 Å². The first kappa shape index (κ1) is 14.0. The third-order valence-electron chi connectivity index (χ3n) is 2.96. The van der Waals surface area contributed by atoms with Crippen molar-refractivity contribution in [1.82, 2.24) is 5.16 Å². The standard InChI is InChI=1S/C15H19NO2S/c1-11(2)14-6-4-13(5-7-14)9-19(17)10-15-8-12(3)18-16-15/h4-8,11H,9-10H2,1-3H3/t19-/m1/s1. The van der Waals surface area contributed by atoms with Gasteiger partial charge in [0.05, 0.1) is 11.4 Å². The average molecular weight is 277 g/mol. The summed E-state index contributed by atoms with van der Waals surface area (Å²) in [6.45, 7) is 6.17. The predicted molar refractivity (Wildman–Crippen MR) is 77.3 cm³/mol. The van der Waals surface area contributed by atoms with Gasteiger partial charge in [0.1, 0.15) is 5.76 Å². The van der Waals surface area contributed by atoms with Crippen molar-refractivity contribution in [3.8, 4) is 0 Å². The minimum absolute atomic E-state index is 0.448. The van der Waals surface area contributed by atoms with Crippen LogP contribution < -0.4 is 0 Å². The fourth-order valence-corrected chi connectivity index (χ4v) is 3.02. The van der Waals surface area contributed by atoms with Crippen LogP contribution in [0.3, 0.4) is 0 Å². The van der Waals surface area contributed by atoms with Crippen LogP contribution in [0.2, 0.25) is 0 Å². The number of nitrogens with zero attached hydrogens (tertiary/aromatic N) is 1. The molecule has 0 aliphatic carbocycles. The third-order valence-corrected chi connectivity index (χ3v) is 4.23. The van der Waals surface area contributed by atoms with E-state index in [1.165, 1.54) is 5.56 Å². The van der Waals surface area contributed by atoms with E-state index in [9.17, 15) is 4.21 Å². The van der Waals surface area contributed by atoms with Crippen molar-refractivity contribution in [3.05, 3.63) is 52.9 Å². The van der Waals surface area contributed by atoms with Crippen LogP contribution in [0.5, 0.6) is 0 Å². The van der Waals surface area contributed by atoms with Gasteiger partial charge in [-0.05, 0) is 24.0 Å². The van der Waals surface area contributed by atoms with Crippen LogP contribution in [0.15, 0.2) is 34.9 Å². The molecule has 0 aliphatic heterocycles. The zero-order valence-electron chi connectivity index (χ0n) is 11.6. The molecule has 0 amide bonds. The molecule has 102 valence electrons. The van der Waals surface area contributed by atoms with E-state index in [1.807, 2.05) is 13.0 Å². The van der Waals surface area contributed by atoms with E-state index in [1.54, 1.807) is 0 Å². The Bertz CT molecular complexity index is 558. The summed E-state index contributed by atoms with van der Waals surface area (Å²) in [5.74, 6) is 2.29. The Morgan fingerprint density at radius 2 is 1.89 bits per heavy atom. The van der Waals surface area contributed by atoms with Gasteiger partial charge in [0.2, 0.25) is 0 Å². The molecule has 0 spiro atoms. The summed E-state index contributed by atoms with van der Waals surface area (Å²) in [7, 11) is -0.948. The number of aromatic nitrogens is 1. The second-order valence-corrected chi connectivity index (χ2v) is 6.51. The van der Waals surface area contributed by atoms with Gasteiger partial charge in [0, 0.05) is 22.6 Å². The van der Waals surface area contributed by atoms with Crippen molar-refractivity contribution in [2.24, 2.45) is 0 Å². The van der Waals surface area contributed by atoms with Crippen molar-refractivity contribution in [3.63, 3.8) is 0 Å². The first-order chi connectivity index (χ1) is 9.04. The van der Waals surface area contributed by atoms with Crippen LogP contribution >= 0.6 is 0 Å². The lowest BCUT2D eigenvalue weighted by molar-refractivity contribution is 0.392. The highest BCUT2D eigenvalue weighted by Gasteiger charge is 2.07. The first-order valence-corrected chi connectivity index (χ1v) is 7.89. The number of hydrogen-bond donors (Lipinski definition) is 0. The van der Waals surface area contributed by atoms with E-state index in [0.717, 1.165) is 17.0 Å². The molecule has 0 saturated heterocycles. The molecule has 2 rings (SSSR count). The Balaban J connectivity index is 1.95. The SMILES string of the molecule is Cc1cc(C[S@](=O)Cc2ccc(C(C)C)cc2)no1. The second-order valence-electron chi connectivity index (χ2n) is 5.05. The van der Waals surface area contributed by atoms with Crippen molar-refractivity contribution >= 4 is 10.8 Å². The van der Waals surface area contributed by atoms with Gasteiger partial charge in [-0.2, -0.15) is 0 Å². The molecule has 1 heterocycles. The zero-order chi connectivity index (χ0) is 13.8. The summed E-state index contributed by atoms with van der Waals surface area (Å²) in [6.07, 6.45) is 0. The maximum absolute atomic E-state index is 12.0. The summed E-state index contributed by atoms with van der Waals surface area (Å²) in [6, 6.07) is 10.2. The molecule has 0 radical (unpaired) electrons. The highest BCUT2D eigenvalue weighted by molar-refractivity contribution is 7.83. The second kappa shape index (κ2) is 6.15. The molecular weight excluding hydrogens is 258 g/mol. The van der Waals surface area contributed by atoms with E-state index in [0.29, 0.717) is 17.4 Å². The van der Waals surface area contributed by atoms with Crippen molar-refractivity contribution < 1.29 is 8.73 Å². The Labute approximate surface area is 116 Å². The predicted octanol–water partition coefficient (Wildman–Crippen LogP) is 3.56. The highest BCUT2D eigenvalue weighted by atomic mass is 32.2. The lowest BCUT2D eigenvalue weighted by atomic mass is 10.0. The van der Waals surface area contributed by atoms with Crippen LogP contribution in [-0.2, 0) is 22.3 Å². The molecule has 0 saturated carbocycles. The third kappa shape index (κ3) is 4.03. The number of rotatable bonds is 5. The number of aryl methyl sites for hydroxylation is 1. The summed E-state index contributed by atoms with van der Waals surface area (Å²) < 4.78 is 17.0. The van der Waals surface area contributed by atoms with Crippen LogP contribution in [0, 0.1) is 6.92 Å². The van der Waals surface area contributed by atoms with E-state index < -0.39 is 10.8 Å². The molecule has 1 aromatic heterocycles. The molecule has 4 heteroatoms. The molecule has 0 aliphatic rings. The molecule has 0 bridgehead atoms. The van der Waals surface area contributed by atoms with Gasteiger partial charge in [0.25, 0.3) is 0 Å². The van der Waals surface area contributed by atoms with Gasteiger partial charge in [-0.25, -0.2) is 0 Å². The molecule has 1 aromatic carbocycles. The monoisotopic (exact) mass is 277 g/mol. The van der Waals surface area contributed by atoms with Crippen molar-refractivity contribution in [2.75, 3.05) is 0 Å². The molecular formula is C15H19NO2S. The Morgan fingerprint density at radius 3 is 2.42 bits per heavy atom.